The van der Waals surface area contributed by atoms with Crippen LogP contribution in [-0.4, -0.2) is 21.3 Å². The predicted octanol–water partition coefficient (Wildman–Crippen LogP) is 1.85. The number of aromatic hydroxyl groups is 2. The van der Waals surface area contributed by atoms with Crippen molar-refractivity contribution in [1.29, 1.82) is 0 Å². The number of benzene rings is 1. The maximum absolute atomic E-state index is 10.6. The predicted molar refractivity (Wildman–Crippen MR) is 55.1 cm³/mol. The lowest BCUT2D eigenvalue weighted by atomic mass is 9.81. The van der Waals surface area contributed by atoms with Gasteiger partial charge < -0.3 is 15.3 Å². The molecule has 0 spiro atoms. The van der Waals surface area contributed by atoms with E-state index in [2.05, 4.69) is 0 Å². The van der Waals surface area contributed by atoms with Crippen molar-refractivity contribution in [3.63, 3.8) is 0 Å². The number of aliphatic carboxylic acids is 1. The van der Waals surface area contributed by atoms with Crippen LogP contribution in [0.5, 0.6) is 11.5 Å². The summed E-state index contributed by atoms with van der Waals surface area (Å²) in [6.07, 6.45) is -0.0780. The van der Waals surface area contributed by atoms with Gasteiger partial charge in [0.2, 0.25) is 0 Å². The van der Waals surface area contributed by atoms with E-state index >= 15 is 0 Å². The SMILES string of the molecule is CC(C)(CC(=O)O)c1ccc(O)cc1O. The third-order valence-corrected chi connectivity index (χ3v) is 2.30. The zero-order chi connectivity index (χ0) is 11.6. The molecule has 1 aromatic carbocycles. The van der Waals surface area contributed by atoms with Crippen molar-refractivity contribution in [3.05, 3.63) is 23.8 Å². The quantitative estimate of drug-likeness (QED) is 0.711. The van der Waals surface area contributed by atoms with E-state index in [0.717, 1.165) is 0 Å². The average Bonchev–Trinajstić information content (AvgIpc) is 1.99. The lowest BCUT2D eigenvalue weighted by Gasteiger charge is -2.23. The molecule has 0 aromatic heterocycles. The normalized spacial score (nSPS) is 11.3. The van der Waals surface area contributed by atoms with E-state index in [1.165, 1.54) is 18.2 Å². The molecule has 0 fully saturated rings. The Morgan fingerprint density at radius 2 is 1.93 bits per heavy atom. The van der Waals surface area contributed by atoms with Gasteiger partial charge in [-0.15, -0.1) is 0 Å². The highest BCUT2D eigenvalue weighted by atomic mass is 16.4. The molecule has 82 valence electrons. The van der Waals surface area contributed by atoms with Gasteiger partial charge in [0.1, 0.15) is 11.5 Å². The molecule has 0 aliphatic carbocycles. The number of phenols is 2. The van der Waals surface area contributed by atoms with E-state index in [1.807, 2.05) is 0 Å². The summed E-state index contributed by atoms with van der Waals surface area (Å²) in [7, 11) is 0. The van der Waals surface area contributed by atoms with Gasteiger partial charge in [0, 0.05) is 17.0 Å². The molecule has 3 N–H and O–H groups in total. The maximum atomic E-state index is 10.6. The first-order valence-corrected chi connectivity index (χ1v) is 4.57. The Morgan fingerprint density at radius 3 is 2.40 bits per heavy atom. The van der Waals surface area contributed by atoms with Crippen LogP contribution >= 0.6 is 0 Å². The van der Waals surface area contributed by atoms with Crippen molar-refractivity contribution >= 4 is 5.97 Å². The topological polar surface area (TPSA) is 77.8 Å². The fourth-order valence-electron chi connectivity index (χ4n) is 1.57. The number of rotatable bonds is 3. The molecule has 0 saturated heterocycles. The molecule has 0 saturated carbocycles. The molecule has 0 amide bonds. The minimum Gasteiger partial charge on any atom is -0.508 e. The van der Waals surface area contributed by atoms with Crippen molar-refractivity contribution in [2.45, 2.75) is 25.7 Å². The number of hydrogen-bond acceptors (Lipinski definition) is 3. The van der Waals surface area contributed by atoms with E-state index in [0.29, 0.717) is 5.56 Å². The van der Waals surface area contributed by atoms with Gasteiger partial charge in [-0.25, -0.2) is 0 Å². The van der Waals surface area contributed by atoms with Crippen LogP contribution in [0.15, 0.2) is 18.2 Å². The van der Waals surface area contributed by atoms with Crippen LogP contribution in [0.3, 0.4) is 0 Å². The Hall–Kier alpha value is -1.71. The molecule has 0 radical (unpaired) electrons. The van der Waals surface area contributed by atoms with Gasteiger partial charge in [-0.3, -0.25) is 4.79 Å². The summed E-state index contributed by atoms with van der Waals surface area (Å²) in [5.74, 6) is -1.05. The van der Waals surface area contributed by atoms with E-state index in [4.69, 9.17) is 10.2 Å². The number of carbonyl (C=O) groups is 1. The first-order valence-electron chi connectivity index (χ1n) is 4.57. The monoisotopic (exact) mass is 210 g/mol. The molecule has 0 heterocycles. The molecule has 0 atom stereocenters. The fraction of sp³-hybridized carbons (Fsp3) is 0.364. The molecule has 1 rings (SSSR count). The highest BCUT2D eigenvalue weighted by Crippen LogP contribution is 2.35. The minimum absolute atomic E-state index is 0.0395. The Morgan fingerprint density at radius 1 is 1.33 bits per heavy atom. The molecule has 0 aliphatic rings. The second-order valence-electron chi connectivity index (χ2n) is 4.16. The Kier molecular flexibility index (Phi) is 2.88. The van der Waals surface area contributed by atoms with Crippen molar-refractivity contribution in [3.8, 4) is 11.5 Å². The van der Waals surface area contributed by atoms with E-state index in [9.17, 15) is 9.90 Å². The van der Waals surface area contributed by atoms with Crippen LogP contribution < -0.4 is 0 Å². The summed E-state index contributed by atoms with van der Waals surface area (Å²) in [4.78, 5) is 10.6. The average molecular weight is 210 g/mol. The van der Waals surface area contributed by atoms with E-state index in [1.54, 1.807) is 13.8 Å². The van der Waals surface area contributed by atoms with E-state index in [-0.39, 0.29) is 17.9 Å². The maximum Gasteiger partial charge on any atom is 0.304 e. The van der Waals surface area contributed by atoms with Crippen molar-refractivity contribution in [2.75, 3.05) is 0 Å². The highest BCUT2D eigenvalue weighted by Gasteiger charge is 2.26. The van der Waals surface area contributed by atoms with Crippen molar-refractivity contribution in [2.24, 2.45) is 0 Å². The van der Waals surface area contributed by atoms with Gasteiger partial charge in [-0.1, -0.05) is 19.9 Å². The van der Waals surface area contributed by atoms with Gasteiger partial charge >= 0.3 is 5.97 Å². The fourth-order valence-corrected chi connectivity index (χ4v) is 1.57. The Bertz CT molecular complexity index is 382. The second kappa shape index (κ2) is 3.81. The van der Waals surface area contributed by atoms with Crippen LogP contribution in [0.1, 0.15) is 25.8 Å². The van der Waals surface area contributed by atoms with Crippen LogP contribution in [0.2, 0.25) is 0 Å². The van der Waals surface area contributed by atoms with Gasteiger partial charge in [0.15, 0.2) is 0 Å². The Balaban J connectivity index is 3.09. The largest absolute Gasteiger partial charge is 0.508 e. The molecule has 15 heavy (non-hydrogen) atoms. The third-order valence-electron chi connectivity index (χ3n) is 2.30. The Labute approximate surface area is 87.8 Å². The molecular formula is C11H14O4. The molecule has 0 bridgehead atoms. The smallest absolute Gasteiger partial charge is 0.304 e. The summed E-state index contributed by atoms with van der Waals surface area (Å²) < 4.78 is 0. The lowest BCUT2D eigenvalue weighted by molar-refractivity contribution is -0.138. The van der Waals surface area contributed by atoms with Crippen LogP contribution in [0.4, 0.5) is 0 Å². The van der Waals surface area contributed by atoms with Crippen LogP contribution in [-0.2, 0) is 10.2 Å². The highest BCUT2D eigenvalue weighted by molar-refractivity contribution is 5.69. The molecule has 0 unspecified atom stereocenters. The first-order chi connectivity index (χ1) is 6.83. The zero-order valence-electron chi connectivity index (χ0n) is 8.69. The van der Waals surface area contributed by atoms with Gasteiger partial charge in [-0.05, 0) is 6.07 Å². The lowest BCUT2D eigenvalue weighted by Crippen LogP contribution is -2.21. The van der Waals surface area contributed by atoms with Gasteiger partial charge in [0.05, 0.1) is 6.42 Å². The number of hydrogen-bond donors (Lipinski definition) is 3. The zero-order valence-corrected chi connectivity index (χ0v) is 8.69. The van der Waals surface area contributed by atoms with Gasteiger partial charge in [0.25, 0.3) is 0 Å². The van der Waals surface area contributed by atoms with Crippen LogP contribution in [0.25, 0.3) is 0 Å². The standard InChI is InChI=1S/C11H14O4/c1-11(2,6-10(14)15)8-4-3-7(12)5-9(8)13/h3-5,12-13H,6H2,1-2H3,(H,14,15). The third kappa shape index (κ3) is 2.62. The summed E-state index contributed by atoms with van der Waals surface area (Å²) >= 11 is 0. The summed E-state index contributed by atoms with van der Waals surface area (Å²) in [6.45, 7) is 3.46. The minimum atomic E-state index is -0.924. The first kappa shape index (κ1) is 11.4. The van der Waals surface area contributed by atoms with E-state index < -0.39 is 11.4 Å². The molecule has 4 heteroatoms. The number of carboxylic acid groups (broad SMARTS) is 1. The second-order valence-corrected chi connectivity index (χ2v) is 4.16. The summed E-state index contributed by atoms with van der Waals surface area (Å²) in [5.41, 5.74) is -0.147. The molecule has 1 aromatic rings. The summed E-state index contributed by atoms with van der Waals surface area (Å²) in [6, 6.07) is 4.17. The van der Waals surface area contributed by atoms with Crippen LogP contribution in [0, 0.1) is 0 Å². The van der Waals surface area contributed by atoms with Crippen molar-refractivity contribution in [1.82, 2.24) is 0 Å². The molecular weight excluding hydrogens is 196 g/mol. The molecule has 4 nitrogen and oxygen atoms in total. The number of carboxylic acids is 1. The van der Waals surface area contributed by atoms with Crippen molar-refractivity contribution < 1.29 is 20.1 Å². The van der Waals surface area contributed by atoms with Gasteiger partial charge in [-0.2, -0.15) is 0 Å². The summed E-state index contributed by atoms with van der Waals surface area (Å²) in [5, 5.41) is 27.4. The molecule has 0 aliphatic heterocycles. The number of phenolic OH excluding ortho intramolecular Hbond substituents is 2.